The van der Waals surface area contributed by atoms with E-state index in [9.17, 15) is 18.8 Å². The minimum absolute atomic E-state index is 0.149. The fourth-order valence-electron chi connectivity index (χ4n) is 4.28. The number of ketones is 1. The number of amides is 2. The average molecular weight is 474 g/mol. The van der Waals surface area contributed by atoms with Crippen molar-refractivity contribution in [2.75, 3.05) is 38.2 Å². The van der Waals surface area contributed by atoms with E-state index < -0.39 is 29.1 Å². The van der Waals surface area contributed by atoms with Crippen LogP contribution in [-0.2, 0) is 16.6 Å². The van der Waals surface area contributed by atoms with Crippen LogP contribution in [0.5, 0.6) is 0 Å². The molecule has 2 aromatic heterocycles. The summed E-state index contributed by atoms with van der Waals surface area (Å²) in [5, 5.41) is 5.53. The van der Waals surface area contributed by atoms with Gasteiger partial charge in [0.25, 0.3) is 17.6 Å². The number of aromatic nitrogens is 2. The van der Waals surface area contributed by atoms with Crippen LogP contribution < -0.4 is 10.6 Å². The standard InChI is InChI=1S/C24H32FN5O4/c1-14-11-17(12-26-21(14)25)27-22(32)18-15(2)19(29(6)16(18)3)20(31)23(33)28-24(4,5)13-30-7-9-34-10-8-30/h11-12H,7-10,13H2,1-6H3,(H,27,32)(H,28,33). The maximum atomic E-state index is 13.4. The Labute approximate surface area is 198 Å². The van der Waals surface area contributed by atoms with Crippen LogP contribution in [0.25, 0.3) is 0 Å². The van der Waals surface area contributed by atoms with Gasteiger partial charge in [-0.2, -0.15) is 4.39 Å². The second kappa shape index (κ2) is 10.0. The molecule has 0 saturated carbocycles. The summed E-state index contributed by atoms with van der Waals surface area (Å²) >= 11 is 0. The Morgan fingerprint density at radius 1 is 1.18 bits per heavy atom. The van der Waals surface area contributed by atoms with E-state index in [-0.39, 0.29) is 11.3 Å². The number of Topliss-reactive ketones (excluding diaryl/α,β-unsaturated/α-hetero) is 1. The number of morpholine rings is 1. The Kier molecular flexibility index (Phi) is 7.52. The highest BCUT2D eigenvalue weighted by molar-refractivity contribution is 6.43. The molecule has 2 aromatic rings. The predicted molar refractivity (Wildman–Crippen MR) is 126 cm³/mol. The minimum atomic E-state index is -0.729. The second-order valence-electron chi connectivity index (χ2n) is 9.33. The number of nitrogens with one attached hydrogen (secondary N) is 2. The molecule has 1 saturated heterocycles. The van der Waals surface area contributed by atoms with Gasteiger partial charge in [-0.3, -0.25) is 19.3 Å². The molecule has 1 fully saturated rings. The summed E-state index contributed by atoms with van der Waals surface area (Å²) in [6, 6.07) is 1.48. The normalized spacial score (nSPS) is 14.7. The van der Waals surface area contributed by atoms with Crippen molar-refractivity contribution in [3.05, 3.63) is 46.3 Å². The van der Waals surface area contributed by atoms with Gasteiger partial charge in [0.1, 0.15) is 0 Å². The molecular formula is C24H32FN5O4. The van der Waals surface area contributed by atoms with Crippen LogP contribution in [0.2, 0.25) is 0 Å². The first kappa shape index (κ1) is 25.5. The van der Waals surface area contributed by atoms with Crippen molar-refractivity contribution in [2.45, 2.75) is 40.2 Å². The van der Waals surface area contributed by atoms with E-state index in [2.05, 4.69) is 20.5 Å². The fraction of sp³-hybridized carbons (Fsp3) is 0.500. The van der Waals surface area contributed by atoms with Gasteiger partial charge in [0.05, 0.1) is 36.4 Å². The quantitative estimate of drug-likeness (QED) is 0.363. The highest BCUT2D eigenvalue weighted by Crippen LogP contribution is 2.24. The first-order valence-corrected chi connectivity index (χ1v) is 11.2. The topological polar surface area (TPSA) is 106 Å². The number of aryl methyl sites for hydroxylation is 1. The summed E-state index contributed by atoms with van der Waals surface area (Å²) in [6.45, 7) is 12.0. The van der Waals surface area contributed by atoms with Crippen LogP contribution in [0.4, 0.5) is 10.1 Å². The highest BCUT2D eigenvalue weighted by atomic mass is 19.1. The molecule has 0 atom stereocenters. The van der Waals surface area contributed by atoms with Gasteiger partial charge in [-0.25, -0.2) is 4.98 Å². The smallest absolute Gasteiger partial charge is 0.294 e. The van der Waals surface area contributed by atoms with Gasteiger partial charge in [-0.1, -0.05) is 0 Å². The number of rotatable bonds is 7. The molecule has 34 heavy (non-hydrogen) atoms. The monoisotopic (exact) mass is 473 g/mol. The van der Waals surface area contributed by atoms with E-state index in [0.717, 1.165) is 13.1 Å². The number of hydrogen-bond acceptors (Lipinski definition) is 6. The van der Waals surface area contributed by atoms with Crippen molar-refractivity contribution in [3.63, 3.8) is 0 Å². The Bertz CT molecular complexity index is 1120. The number of halogens is 1. The molecule has 1 aliphatic rings. The number of carbonyl (C=O) groups excluding carboxylic acids is 3. The van der Waals surface area contributed by atoms with Crippen LogP contribution in [0.15, 0.2) is 12.3 Å². The Morgan fingerprint density at radius 2 is 1.82 bits per heavy atom. The lowest BCUT2D eigenvalue weighted by molar-refractivity contribution is -0.118. The molecule has 1 aliphatic heterocycles. The summed E-state index contributed by atoms with van der Waals surface area (Å²) in [5.41, 5.74) is 1.37. The van der Waals surface area contributed by atoms with Crippen molar-refractivity contribution in [1.82, 2.24) is 19.8 Å². The molecule has 2 N–H and O–H groups in total. The zero-order valence-electron chi connectivity index (χ0n) is 20.5. The molecular weight excluding hydrogens is 441 g/mol. The van der Waals surface area contributed by atoms with Gasteiger partial charge in [-0.05, 0) is 46.2 Å². The molecule has 3 rings (SSSR count). The van der Waals surface area contributed by atoms with E-state index in [1.165, 1.54) is 12.3 Å². The maximum absolute atomic E-state index is 13.4. The van der Waals surface area contributed by atoms with Crippen LogP contribution in [-0.4, -0.2) is 70.4 Å². The van der Waals surface area contributed by atoms with Crippen LogP contribution in [0.3, 0.4) is 0 Å². The number of pyridine rings is 1. The summed E-state index contributed by atoms with van der Waals surface area (Å²) in [5.74, 6) is -2.52. The van der Waals surface area contributed by atoms with Crippen LogP contribution >= 0.6 is 0 Å². The maximum Gasteiger partial charge on any atom is 0.294 e. The molecule has 0 aromatic carbocycles. The number of nitrogens with zero attached hydrogens (tertiary/aromatic N) is 3. The molecule has 0 spiro atoms. The summed E-state index contributed by atoms with van der Waals surface area (Å²) < 4.78 is 20.4. The summed E-state index contributed by atoms with van der Waals surface area (Å²) in [4.78, 5) is 44.8. The van der Waals surface area contributed by atoms with Crippen molar-refractivity contribution in [1.29, 1.82) is 0 Å². The zero-order chi connectivity index (χ0) is 25.2. The van der Waals surface area contributed by atoms with Gasteiger partial charge in [0, 0.05) is 43.5 Å². The molecule has 10 heteroatoms. The fourth-order valence-corrected chi connectivity index (χ4v) is 4.28. The highest BCUT2D eigenvalue weighted by Gasteiger charge is 2.32. The molecule has 184 valence electrons. The van der Waals surface area contributed by atoms with Gasteiger partial charge < -0.3 is 19.9 Å². The van der Waals surface area contributed by atoms with Gasteiger partial charge in [0.2, 0.25) is 5.95 Å². The van der Waals surface area contributed by atoms with E-state index in [1.807, 2.05) is 13.8 Å². The van der Waals surface area contributed by atoms with Crippen LogP contribution in [0.1, 0.15) is 51.5 Å². The second-order valence-corrected chi connectivity index (χ2v) is 9.33. The number of hydrogen-bond donors (Lipinski definition) is 2. The molecule has 0 bridgehead atoms. The molecule has 3 heterocycles. The van der Waals surface area contributed by atoms with E-state index >= 15 is 0 Å². The number of anilines is 1. The summed E-state index contributed by atoms with van der Waals surface area (Å²) in [7, 11) is 1.64. The van der Waals surface area contributed by atoms with E-state index in [4.69, 9.17) is 4.74 Å². The van der Waals surface area contributed by atoms with Crippen molar-refractivity contribution in [2.24, 2.45) is 7.05 Å². The lowest BCUT2D eigenvalue weighted by Crippen LogP contribution is -2.55. The number of carbonyl (C=O) groups is 3. The van der Waals surface area contributed by atoms with Gasteiger partial charge >= 0.3 is 0 Å². The van der Waals surface area contributed by atoms with Gasteiger partial charge in [-0.15, -0.1) is 0 Å². The predicted octanol–water partition coefficient (Wildman–Crippen LogP) is 2.15. The molecule has 2 amide bonds. The molecule has 0 aliphatic carbocycles. The molecule has 0 unspecified atom stereocenters. The van der Waals surface area contributed by atoms with Crippen molar-refractivity contribution in [3.8, 4) is 0 Å². The summed E-state index contributed by atoms with van der Waals surface area (Å²) in [6.07, 6.45) is 1.23. The molecule has 0 radical (unpaired) electrons. The lowest BCUT2D eigenvalue weighted by atomic mass is 10.0. The van der Waals surface area contributed by atoms with E-state index in [1.54, 1.807) is 32.4 Å². The number of ether oxygens (including phenoxy) is 1. The third kappa shape index (κ3) is 5.51. The first-order valence-electron chi connectivity index (χ1n) is 11.2. The van der Waals surface area contributed by atoms with Crippen LogP contribution in [0, 0.1) is 26.7 Å². The third-order valence-corrected chi connectivity index (χ3v) is 6.03. The Balaban J connectivity index is 1.78. The largest absolute Gasteiger partial charge is 0.379 e. The Morgan fingerprint density at radius 3 is 2.44 bits per heavy atom. The van der Waals surface area contributed by atoms with Crippen molar-refractivity contribution >= 4 is 23.3 Å². The van der Waals surface area contributed by atoms with Crippen molar-refractivity contribution < 1.29 is 23.5 Å². The van der Waals surface area contributed by atoms with E-state index in [0.29, 0.717) is 42.3 Å². The zero-order valence-corrected chi connectivity index (χ0v) is 20.5. The average Bonchev–Trinajstić information content (AvgIpc) is 2.98. The molecule has 9 nitrogen and oxygen atoms in total. The van der Waals surface area contributed by atoms with Gasteiger partial charge in [0.15, 0.2) is 0 Å². The lowest BCUT2D eigenvalue weighted by Gasteiger charge is -2.35. The first-order chi connectivity index (χ1) is 15.9. The SMILES string of the molecule is Cc1cc(NC(=O)c2c(C)c(C(=O)C(=O)NC(C)(C)CN3CCOCC3)n(C)c2C)cnc1F. The Hall–Kier alpha value is -3.11. The minimum Gasteiger partial charge on any atom is -0.379 e. The third-order valence-electron chi connectivity index (χ3n) is 6.03.